The Morgan fingerprint density at radius 2 is 2.22 bits per heavy atom. The molecule has 50 valence electrons. The van der Waals surface area contributed by atoms with Crippen LogP contribution in [0, 0.1) is 0 Å². The number of rotatable bonds is 4. The van der Waals surface area contributed by atoms with Crippen molar-refractivity contribution in [1.82, 2.24) is 0 Å². The summed E-state index contributed by atoms with van der Waals surface area (Å²) in [5.74, 6) is 0. The minimum atomic E-state index is 0.772. The van der Waals surface area contributed by atoms with Gasteiger partial charge in [0.25, 0.3) is 0 Å². The number of hydrogen-bond acceptors (Lipinski definition) is 0. The largest absolute Gasteiger partial charge is 0.0895 e. The summed E-state index contributed by atoms with van der Waals surface area (Å²) in [6, 6.07) is 0. The third kappa shape index (κ3) is 5.97. The second-order valence-electron chi connectivity index (χ2n) is 1.98. The summed E-state index contributed by atoms with van der Waals surface area (Å²) in [7, 11) is 5.29. The Kier molecular flexibility index (Phi) is 6.28. The minimum Gasteiger partial charge on any atom is -0.0895 e. The smallest absolute Gasteiger partial charge is 0.0653 e. The van der Waals surface area contributed by atoms with Crippen LogP contribution in [0.25, 0.3) is 0 Å². The van der Waals surface area contributed by atoms with E-state index < -0.39 is 0 Å². The molecule has 2 radical (unpaired) electrons. The Labute approximate surface area is 63.7 Å². The average Bonchev–Trinajstić information content (AvgIpc) is 1.89. The van der Waals surface area contributed by atoms with Crippen molar-refractivity contribution < 1.29 is 0 Å². The Hall–Kier alpha value is 0.0949. The van der Waals surface area contributed by atoms with Gasteiger partial charge in [0.15, 0.2) is 0 Å². The lowest BCUT2D eigenvalue weighted by molar-refractivity contribution is 0.805. The van der Waals surface area contributed by atoms with Crippen molar-refractivity contribution in [1.29, 1.82) is 0 Å². The lowest BCUT2D eigenvalue weighted by Crippen LogP contribution is -1.75. The van der Waals surface area contributed by atoms with Crippen LogP contribution in [0.1, 0.15) is 26.2 Å². The highest BCUT2D eigenvalue weighted by Gasteiger charge is 1.88. The highest BCUT2D eigenvalue weighted by atomic mass is 35.5. The van der Waals surface area contributed by atoms with Crippen molar-refractivity contribution in [2.24, 2.45) is 0 Å². The van der Waals surface area contributed by atoms with E-state index in [1.807, 2.05) is 13.0 Å². The molecule has 0 heterocycles. The van der Waals surface area contributed by atoms with Crippen molar-refractivity contribution in [2.45, 2.75) is 32.5 Å². The normalized spacial score (nSPS) is 12.0. The van der Waals surface area contributed by atoms with Gasteiger partial charge in [0, 0.05) is 5.03 Å². The maximum absolute atomic E-state index is 5.72. The summed E-state index contributed by atoms with van der Waals surface area (Å²) < 4.78 is 0. The quantitative estimate of drug-likeness (QED) is 0.418. The van der Waals surface area contributed by atoms with Crippen molar-refractivity contribution in [3.8, 4) is 0 Å². The molecule has 0 aromatic carbocycles. The molecule has 0 aliphatic rings. The molecule has 0 N–H and O–H groups in total. The molecule has 0 saturated carbocycles. The zero-order valence-corrected chi connectivity index (χ0v) is 6.62. The third-order valence-corrected chi connectivity index (χ3v) is 1.59. The van der Waals surface area contributed by atoms with Gasteiger partial charge in [-0.05, 0) is 19.8 Å². The lowest BCUT2D eigenvalue weighted by Gasteiger charge is -1.94. The van der Waals surface area contributed by atoms with E-state index in [4.69, 9.17) is 19.4 Å². The zero-order valence-electron chi connectivity index (χ0n) is 5.86. The van der Waals surface area contributed by atoms with Crippen LogP contribution >= 0.6 is 11.6 Å². The summed E-state index contributed by atoms with van der Waals surface area (Å²) in [5, 5.41) is 0.948. The summed E-state index contributed by atoms with van der Waals surface area (Å²) in [6.45, 7) is 1.95. The molecule has 0 aliphatic heterocycles. The van der Waals surface area contributed by atoms with Crippen molar-refractivity contribution in [3.05, 3.63) is 11.1 Å². The van der Waals surface area contributed by atoms with Gasteiger partial charge in [-0.2, -0.15) is 0 Å². The third-order valence-electron chi connectivity index (χ3n) is 1.18. The second-order valence-corrected chi connectivity index (χ2v) is 2.47. The van der Waals surface area contributed by atoms with E-state index in [2.05, 4.69) is 0 Å². The van der Waals surface area contributed by atoms with E-state index in [1.165, 1.54) is 0 Å². The number of unbranched alkanes of at least 4 members (excludes halogenated alkanes) is 1. The van der Waals surface area contributed by atoms with Crippen LogP contribution in [0.3, 0.4) is 0 Å². The molecule has 0 amide bonds. The van der Waals surface area contributed by atoms with Crippen LogP contribution in [-0.4, -0.2) is 7.85 Å². The lowest BCUT2D eigenvalue weighted by atomic mass is 9.99. The van der Waals surface area contributed by atoms with Gasteiger partial charge in [0.2, 0.25) is 0 Å². The molecule has 0 rings (SSSR count). The van der Waals surface area contributed by atoms with E-state index in [1.54, 1.807) is 0 Å². The second kappa shape index (κ2) is 6.22. The van der Waals surface area contributed by atoms with Gasteiger partial charge >= 0.3 is 0 Å². The van der Waals surface area contributed by atoms with E-state index in [9.17, 15) is 0 Å². The average molecular weight is 142 g/mol. The maximum Gasteiger partial charge on any atom is 0.0653 e. The van der Waals surface area contributed by atoms with E-state index >= 15 is 0 Å². The molecule has 2 heteroatoms. The topological polar surface area (TPSA) is 0 Å². The molecular weight excluding hydrogens is 130 g/mol. The summed E-state index contributed by atoms with van der Waals surface area (Å²) in [6.07, 6.45) is 5.87. The van der Waals surface area contributed by atoms with Crippen LogP contribution in [0.15, 0.2) is 11.1 Å². The standard InChI is InChI=1S/C7H12BCl/c1-2-7(9)5-3-4-6-8/h2H,3-6H2,1H3/b7-2+. The van der Waals surface area contributed by atoms with Crippen LogP contribution < -0.4 is 0 Å². The minimum absolute atomic E-state index is 0.772. The van der Waals surface area contributed by atoms with Crippen LogP contribution in [-0.2, 0) is 0 Å². The Morgan fingerprint density at radius 3 is 2.67 bits per heavy atom. The van der Waals surface area contributed by atoms with Crippen LogP contribution in [0.4, 0.5) is 0 Å². The Bertz CT molecular complexity index is 88.9. The summed E-state index contributed by atoms with van der Waals surface area (Å²) >= 11 is 5.72. The molecule has 0 aromatic rings. The van der Waals surface area contributed by atoms with Gasteiger partial charge in [-0.1, -0.05) is 30.4 Å². The molecule has 0 aromatic heterocycles. The zero-order chi connectivity index (χ0) is 7.11. The molecule has 0 bridgehead atoms. The highest BCUT2D eigenvalue weighted by Crippen LogP contribution is 2.11. The highest BCUT2D eigenvalue weighted by molar-refractivity contribution is 6.29. The first-order valence-corrected chi connectivity index (χ1v) is 3.69. The molecular formula is C7H12BCl. The molecule has 0 nitrogen and oxygen atoms in total. The fraction of sp³-hybridized carbons (Fsp3) is 0.714. The molecule has 0 atom stereocenters. The molecule has 0 fully saturated rings. The summed E-state index contributed by atoms with van der Waals surface area (Å²) in [4.78, 5) is 0. The fourth-order valence-electron chi connectivity index (χ4n) is 0.583. The van der Waals surface area contributed by atoms with Crippen LogP contribution in [0.5, 0.6) is 0 Å². The maximum atomic E-state index is 5.72. The summed E-state index contributed by atoms with van der Waals surface area (Å²) in [5.41, 5.74) is 0. The molecule has 0 saturated heterocycles. The predicted octanol–water partition coefficient (Wildman–Crippen LogP) is 2.89. The number of halogens is 1. The van der Waals surface area contributed by atoms with Crippen molar-refractivity contribution >= 4 is 19.4 Å². The van der Waals surface area contributed by atoms with Crippen molar-refractivity contribution in [3.63, 3.8) is 0 Å². The molecule has 9 heavy (non-hydrogen) atoms. The molecule has 0 unspecified atom stereocenters. The van der Waals surface area contributed by atoms with Gasteiger partial charge in [-0.15, -0.1) is 0 Å². The number of hydrogen-bond donors (Lipinski definition) is 0. The molecule has 0 aliphatic carbocycles. The van der Waals surface area contributed by atoms with Gasteiger partial charge in [0.05, 0.1) is 7.85 Å². The number of allylic oxidation sites excluding steroid dienone is 2. The van der Waals surface area contributed by atoms with Gasteiger partial charge in [-0.25, -0.2) is 0 Å². The predicted molar refractivity (Wildman–Crippen MR) is 44.0 cm³/mol. The van der Waals surface area contributed by atoms with E-state index in [0.29, 0.717) is 0 Å². The van der Waals surface area contributed by atoms with E-state index in [0.717, 1.165) is 30.6 Å². The monoisotopic (exact) mass is 142 g/mol. The Balaban J connectivity index is 3.07. The van der Waals surface area contributed by atoms with Gasteiger partial charge < -0.3 is 0 Å². The Morgan fingerprint density at radius 1 is 1.56 bits per heavy atom. The first kappa shape index (κ1) is 9.09. The first-order valence-electron chi connectivity index (χ1n) is 3.32. The fourth-order valence-corrected chi connectivity index (χ4v) is 0.716. The SMILES string of the molecule is [B]CCCC/C(Cl)=C\C. The van der Waals surface area contributed by atoms with Gasteiger partial charge in [0.1, 0.15) is 0 Å². The van der Waals surface area contributed by atoms with E-state index in [-0.39, 0.29) is 0 Å². The first-order chi connectivity index (χ1) is 4.31. The molecule has 0 spiro atoms. The van der Waals surface area contributed by atoms with Crippen LogP contribution in [0.2, 0.25) is 6.32 Å². The van der Waals surface area contributed by atoms with Gasteiger partial charge in [-0.3, -0.25) is 0 Å². The van der Waals surface area contributed by atoms with Crippen molar-refractivity contribution in [2.75, 3.05) is 0 Å².